The van der Waals surface area contributed by atoms with Crippen LogP contribution < -0.4 is 5.11 Å². The molecule has 2 rings (SSSR count). The summed E-state index contributed by atoms with van der Waals surface area (Å²) in [6.07, 6.45) is 0. The summed E-state index contributed by atoms with van der Waals surface area (Å²) in [6, 6.07) is 9.49. The lowest BCUT2D eigenvalue weighted by atomic mass is 10.2. The van der Waals surface area contributed by atoms with E-state index < -0.39 is 5.97 Å². The normalized spacial score (nSPS) is 10.2. The molecule has 3 nitrogen and oxygen atoms in total. The highest BCUT2D eigenvalue weighted by molar-refractivity contribution is 7.17. The first-order valence-electron chi connectivity index (χ1n) is 4.42. The Hall–Kier alpha value is -1.68. The zero-order valence-corrected chi connectivity index (χ0v) is 8.88. The van der Waals surface area contributed by atoms with Gasteiger partial charge in [0.1, 0.15) is 5.01 Å². The molecule has 0 saturated carbocycles. The topological polar surface area (TPSA) is 53.0 Å². The maximum atomic E-state index is 10.7. The molecular weight excluding hydrogens is 210 g/mol. The highest BCUT2D eigenvalue weighted by atomic mass is 32.1. The number of nitrogens with zero attached hydrogens (tertiary/aromatic N) is 1. The number of aryl methyl sites for hydroxylation is 1. The summed E-state index contributed by atoms with van der Waals surface area (Å²) in [7, 11) is 0. The van der Waals surface area contributed by atoms with E-state index in [1.165, 1.54) is 0 Å². The van der Waals surface area contributed by atoms with Crippen LogP contribution in [0.1, 0.15) is 15.4 Å². The standard InChI is InChI=1S/C11H9NO2S/c1-7-9(11(13)14)15-10(12-7)8-5-3-2-4-6-8/h2-6H,1H3,(H,13,14)/p-1. The summed E-state index contributed by atoms with van der Waals surface area (Å²) in [5.74, 6) is -1.16. The number of carboxylic acids is 1. The van der Waals surface area contributed by atoms with Gasteiger partial charge >= 0.3 is 0 Å². The summed E-state index contributed by atoms with van der Waals surface area (Å²) in [6.45, 7) is 1.67. The number of rotatable bonds is 2. The second-order valence-electron chi connectivity index (χ2n) is 3.09. The fraction of sp³-hybridized carbons (Fsp3) is 0.0909. The molecule has 1 aromatic carbocycles. The van der Waals surface area contributed by atoms with Crippen LogP contribution in [0.2, 0.25) is 0 Å². The van der Waals surface area contributed by atoms with Gasteiger partial charge in [-0.25, -0.2) is 4.98 Å². The van der Waals surface area contributed by atoms with Gasteiger partial charge in [0.15, 0.2) is 0 Å². The van der Waals surface area contributed by atoms with Gasteiger partial charge in [0.2, 0.25) is 0 Å². The Morgan fingerprint density at radius 3 is 2.53 bits per heavy atom. The highest BCUT2D eigenvalue weighted by Crippen LogP contribution is 2.26. The molecule has 0 unspecified atom stereocenters. The van der Waals surface area contributed by atoms with Crippen molar-refractivity contribution < 1.29 is 9.90 Å². The lowest BCUT2D eigenvalue weighted by Gasteiger charge is -1.95. The summed E-state index contributed by atoms with van der Waals surface area (Å²) >= 11 is 1.15. The van der Waals surface area contributed by atoms with Crippen molar-refractivity contribution in [1.29, 1.82) is 0 Å². The molecule has 1 heterocycles. The third-order valence-electron chi connectivity index (χ3n) is 2.00. The van der Waals surface area contributed by atoms with Gasteiger partial charge < -0.3 is 9.90 Å². The zero-order chi connectivity index (χ0) is 10.8. The van der Waals surface area contributed by atoms with Crippen molar-refractivity contribution in [3.8, 4) is 10.6 Å². The molecule has 0 fully saturated rings. The molecule has 1 aromatic heterocycles. The monoisotopic (exact) mass is 218 g/mol. The molecule has 0 aliphatic heterocycles. The minimum absolute atomic E-state index is 0.203. The van der Waals surface area contributed by atoms with E-state index in [0.717, 1.165) is 16.9 Å². The Morgan fingerprint density at radius 2 is 2.00 bits per heavy atom. The largest absolute Gasteiger partial charge is 0.544 e. The lowest BCUT2D eigenvalue weighted by Crippen LogP contribution is -2.21. The van der Waals surface area contributed by atoms with E-state index >= 15 is 0 Å². The third kappa shape index (κ3) is 1.89. The number of benzene rings is 1. The number of aromatic carboxylic acids is 1. The van der Waals surface area contributed by atoms with Crippen LogP contribution in [-0.2, 0) is 0 Å². The number of hydrogen-bond acceptors (Lipinski definition) is 4. The smallest absolute Gasteiger partial charge is 0.124 e. The van der Waals surface area contributed by atoms with Gasteiger partial charge in [0.05, 0.1) is 16.5 Å². The molecule has 15 heavy (non-hydrogen) atoms. The van der Waals surface area contributed by atoms with Gasteiger partial charge in [-0.1, -0.05) is 30.3 Å². The highest BCUT2D eigenvalue weighted by Gasteiger charge is 2.09. The minimum Gasteiger partial charge on any atom is -0.544 e. The first-order valence-corrected chi connectivity index (χ1v) is 5.24. The molecule has 0 saturated heterocycles. The number of thiazole rings is 1. The predicted molar refractivity (Wildman–Crippen MR) is 56.6 cm³/mol. The molecule has 76 valence electrons. The molecule has 0 spiro atoms. The summed E-state index contributed by atoms with van der Waals surface area (Å²) in [5, 5.41) is 11.4. The first-order chi connectivity index (χ1) is 7.18. The van der Waals surface area contributed by atoms with E-state index in [4.69, 9.17) is 0 Å². The number of hydrogen-bond donors (Lipinski definition) is 0. The van der Waals surface area contributed by atoms with Gasteiger partial charge in [0.25, 0.3) is 0 Å². The Balaban J connectivity index is 2.48. The number of carbonyl (C=O) groups is 1. The van der Waals surface area contributed by atoms with Crippen LogP contribution in [0.4, 0.5) is 0 Å². The molecule has 2 aromatic rings. The molecule has 0 atom stereocenters. The van der Waals surface area contributed by atoms with Gasteiger partial charge in [0, 0.05) is 5.56 Å². The Kier molecular flexibility index (Phi) is 2.51. The Morgan fingerprint density at radius 1 is 1.33 bits per heavy atom. The molecule has 0 aliphatic carbocycles. The van der Waals surface area contributed by atoms with E-state index in [0.29, 0.717) is 10.7 Å². The molecule has 0 amide bonds. The van der Waals surface area contributed by atoms with Crippen LogP contribution >= 0.6 is 11.3 Å². The summed E-state index contributed by atoms with van der Waals surface area (Å²) in [4.78, 5) is 15.1. The van der Waals surface area contributed by atoms with Crippen LogP contribution in [0.3, 0.4) is 0 Å². The fourth-order valence-electron chi connectivity index (χ4n) is 1.29. The SMILES string of the molecule is Cc1nc(-c2ccccc2)sc1C(=O)[O-]. The van der Waals surface area contributed by atoms with Crippen molar-refractivity contribution in [2.45, 2.75) is 6.92 Å². The second kappa shape index (κ2) is 3.82. The van der Waals surface area contributed by atoms with Gasteiger partial charge in [-0.15, -0.1) is 11.3 Å². The number of carbonyl (C=O) groups excluding carboxylic acids is 1. The molecule has 0 bridgehead atoms. The van der Waals surface area contributed by atoms with Crippen molar-refractivity contribution in [2.75, 3.05) is 0 Å². The molecule has 0 radical (unpaired) electrons. The zero-order valence-electron chi connectivity index (χ0n) is 8.06. The Labute approximate surface area is 91.0 Å². The van der Waals surface area contributed by atoms with E-state index in [-0.39, 0.29) is 4.88 Å². The van der Waals surface area contributed by atoms with E-state index in [1.54, 1.807) is 6.92 Å². The van der Waals surface area contributed by atoms with Crippen LogP contribution in [0.5, 0.6) is 0 Å². The fourth-order valence-corrected chi connectivity index (χ4v) is 2.20. The molecule has 0 aliphatic rings. The lowest BCUT2D eigenvalue weighted by molar-refractivity contribution is -0.254. The van der Waals surface area contributed by atoms with Crippen LogP contribution in [0.15, 0.2) is 30.3 Å². The minimum atomic E-state index is -1.16. The van der Waals surface area contributed by atoms with Crippen LogP contribution in [-0.4, -0.2) is 11.0 Å². The predicted octanol–water partition coefficient (Wildman–Crippen LogP) is 1.48. The van der Waals surface area contributed by atoms with E-state index in [2.05, 4.69) is 4.98 Å². The summed E-state index contributed by atoms with van der Waals surface area (Å²) < 4.78 is 0. The van der Waals surface area contributed by atoms with Crippen molar-refractivity contribution >= 4 is 17.3 Å². The molecule has 4 heteroatoms. The second-order valence-corrected chi connectivity index (χ2v) is 4.09. The van der Waals surface area contributed by atoms with Gasteiger partial charge in [-0.2, -0.15) is 0 Å². The quantitative estimate of drug-likeness (QED) is 0.767. The van der Waals surface area contributed by atoms with Crippen molar-refractivity contribution in [2.24, 2.45) is 0 Å². The van der Waals surface area contributed by atoms with Crippen molar-refractivity contribution in [3.63, 3.8) is 0 Å². The average molecular weight is 218 g/mol. The van der Waals surface area contributed by atoms with Gasteiger partial charge in [-0.3, -0.25) is 0 Å². The van der Waals surface area contributed by atoms with Crippen LogP contribution in [0, 0.1) is 6.92 Å². The summed E-state index contributed by atoms with van der Waals surface area (Å²) in [5.41, 5.74) is 1.44. The molecular formula is C11H8NO2S-. The van der Waals surface area contributed by atoms with Crippen molar-refractivity contribution in [1.82, 2.24) is 4.98 Å². The third-order valence-corrected chi connectivity index (χ3v) is 3.19. The number of carboxylic acid groups (broad SMARTS) is 1. The average Bonchev–Trinajstić information content (AvgIpc) is 2.62. The first kappa shape index (κ1) is 9.86. The van der Waals surface area contributed by atoms with Gasteiger partial charge in [-0.05, 0) is 6.92 Å². The van der Waals surface area contributed by atoms with Crippen molar-refractivity contribution in [3.05, 3.63) is 40.9 Å². The van der Waals surface area contributed by atoms with E-state index in [1.807, 2.05) is 30.3 Å². The number of aromatic nitrogens is 1. The maximum absolute atomic E-state index is 10.7. The van der Waals surface area contributed by atoms with Crippen LogP contribution in [0.25, 0.3) is 10.6 Å². The Bertz CT molecular complexity index is 491. The molecule has 0 N–H and O–H groups in total. The van der Waals surface area contributed by atoms with E-state index in [9.17, 15) is 9.90 Å². The maximum Gasteiger partial charge on any atom is 0.124 e.